The number of hydrogen-bond donors (Lipinski definition) is 2. The van der Waals surface area contributed by atoms with E-state index in [0.29, 0.717) is 18.5 Å². The summed E-state index contributed by atoms with van der Waals surface area (Å²) >= 11 is 3.42. The lowest BCUT2D eigenvalue weighted by Crippen LogP contribution is -2.45. The second-order valence-corrected chi connectivity index (χ2v) is 6.30. The maximum atomic E-state index is 11.7. The fourth-order valence-electron chi connectivity index (χ4n) is 1.57. The van der Waals surface area contributed by atoms with Crippen molar-refractivity contribution < 1.29 is 4.79 Å². The zero-order chi connectivity index (χ0) is 16.5. The van der Waals surface area contributed by atoms with Crippen LogP contribution < -0.4 is 10.6 Å². The molecule has 0 saturated carbocycles. The van der Waals surface area contributed by atoms with Crippen molar-refractivity contribution in [1.29, 1.82) is 0 Å². The van der Waals surface area contributed by atoms with Gasteiger partial charge in [0, 0.05) is 24.6 Å². The molecule has 0 spiro atoms. The third-order valence-corrected chi connectivity index (χ3v) is 3.76. The average molecular weight is 497 g/mol. The Hall–Kier alpha value is -0.830. The molecule has 1 amide bonds. The van der Waals surface area contributed by atoms with Gasteiger partial charge in [0.05, 0.1) is 13.1 Å². The quantitative estimate of drug-likeness (QED) is 0.361. The number of likely N-dealkylation sites (N-methyl/N-ethyl adjacent to an activating group) is 1. The monoisotopic (exact) mass is 496 g/mol. The number of amides is 1. The van der Waals surface area contributed by atoms with E-state index in [1.54, 1.807) is 19.0 Å². The Kier molecular flexibility index (Phi) is 11.2. The molecule has 23 heavy (non-hydrogen) atoms. The Morgan fingerprint density at radius 2 is 1.91 bits per heavy atom. The number of nitrogens with zero attached hydrogens (tertiary/aromatic N) is 2. The van der Waals surface area contributed by atoms with Gasteiger partial charge >= 0.3 is 0 Å². The van der Waals surface area contributed by atoms with Gasteiger partial charge in [0.25, 0.3) is 0 Å². The highest BCUT2D eigenvalue weighted by Crippen LogP contribution is 2.11. The summed E-state index contributed by atoms with van der Waals surface area (Å²) in [4.78, 5) is 17.8. The van der Waals surface area contributed by atoms with Crippen molar-refractivity contribution in [2.75, 3.05) is 20.6 Å². The summed E-state index contributed by atoms with van der Waals surface area (Å²) in [6, 6.07) is 8.34. The number of hydrogen-bond acceptors (Lipinski definition) is 2. The lowest BCUT2D eigenvalue weighted by molar-refractivity contribution is -0.127. The Bertz CT molecular complexity index is 505. The number of rotatable bonds is 6. The number of halogens is 2. The highest BCUT2D eigenvalue weighted by molar-refractivity contribution is 14.0. The van der Waals surface area contributed by atoms with Crippen LogP contribution in [0.3, 0.4) is 0 Å². The van der Waals surface area contributed by atoms with Crippen LogP contribution in [0.2, 0.25) is 0 Å². The van der Waals surface area contributed by atoms with E-state index in [1.807, 2.05) is 24.3 Å². The highest BCUT2D eigenvalue weighted by Gasteiger charge is 2.07. The molecule has 1 atom stereocenters. The van der Waals surface area contributed by atoms with E-state index < -0.39 is 0 Å². The lowest BCUT2D eigenvalue weighted by Gasteiger charge is -2.18. The molecular formula is C16H26BrIN4O. The minimum absolute atomic E-state index is 0. The summed E-state index contributed by atoms with van der Waals surface area (Å²) in [6.07, 6.45) is 0.987. The molecule has 130 valence electrons. The van der Waals surface area contributed by atoms with Crippen molar-refractivity contribution in [1.82, 2.24) is 15.5 Å². The van der Waals surface area contributed by atoms with Crippen LogP contribution in [0.1, 0.15) is 25.8 Å². The normalized spacial score (nSPS) is 12.1. The molecule has 0 aliphatic rings. The minimum atomic E-state index is 0. The van der Waals surface area contributed by atoms with Crippen molar-refractivity contribution in [3.63, 3.8) is 0 Å². The molecule has 0 aliphatic carbocycles. The molecule has 0 bridgehead atoms. The molecule has 7 heteroatoms. The van der Waals surface area contributed by atoms with Crippen LogP contribution in [0, 0.1) is 0 Å². The van der Waals surface area contributed by atoms with E-state index in [1.165, 1.54) is 0 Å². The first-order chi connectivity index (χ1) is 10.4. The molecule has 0 saturated heterocycles. The Balaban J connectivity index is 0.00000484. The van der Waals surface area contributed by atoms with Crippen molar-refractivity contribution in [2.45, 2.75) is 32.9 Å². The van der Waals surface area contributed by atoms with Gasteiger partial charge in [-0.25, -0.2) is 4.99 Å². The molecule has 0 fully saturated rings. The van der Waals surface area contributed by atoms with Gasteiger partial charge < -0.3 is 15.5 Å². The lowest BCUT2D eigenvalue weighted by atomic mass is 10.2. The number of nitrogens with one attached hydrogen (secondary N) is 2. The number of guanidine groups is 1. The van der Waals surface area contributed by atoms with E-state index >= 15 is 0 Å². The van der Waals surface area contributed by atoms with E-state index in [-0.39, 0.29) is 36.4 Å². The summed E-state index contributed by atoms with van der Waals surface area (Å²) < 4.78 is 1.05. The number of aliphatic imine (C=N–C) groups is 1. The maximum Gasteiger partial charge on any atom is 0.241 e. The summed E-state index contributed by atoms with van der Waals surface area (Å²) in [7, 11) is 3.48. The van der Waals surface area contributed by atoms with E-state index in [2.05, 4.69) is 45.4 Å². The third-order valence-electron chi connectivity index (χ3n) is 3.23. The van der Waals surface area contributed by atoms with Gasteiger partial charge in [-0.2, -0.15) is 0 Å². The average Bonchev–Trinajstić information content (AvgIpc) is 2.50. The van der Waals surface area contributed by atoms with Crippen LogP contribution in [0.5, 0.6) is 0 Å². The van der Waals surface area contributed by atoms with Crippen molar-refractivity contribution in [2.24, 2.45) is 4.99 Å². The standard InChI is InChI=1S/C16H25BrN4O.HI/c1-5-12(2)20-16(19-11-15(22)21(3)4)18-10-13-6-8-14(17)9-7-13;/h6-9,12H,5,10-11H2,1-4H3,(H2,18,19,20);1H. The molecule has 1 aromatic carbocycles. The number of benzene rings is 1. The molecule has 1 aromatic rings. The van der Waals surface area contributed by atoms with E-state index in [0.717, 1.165) is 16.5 Å². The molecule has 0 heterocycles. The molecular weight excluding hydrogens is 471 g/mol. The zero-order valence-electron chi connectivity index (χ0n) is 14.1. The van der Waals surface area contributed by atoms with Crippen molar-refractivity contribution >= 4 is 51.8 Å². The van der Waals surface area contributed by atoms with Crippen molar-refractivity contribution in [3.8, 4) is 0 Å². The zero-order valence-corrected chi connectivity index (χ0v) is 18.0. The van der Waals surface area contributed by atoms with Crippen molar-refractivity contribution in [3.05, 3.63) is 34.3 Å². The molecule has 1 unspecified atom stereocenters. The fourth-order valence-corrected chi connectivity index (χ4v) is 1.83. The highest BCUT2D eigenvalue weighted by atomic mass is 127. The molecule has 2 N–H and O–H groups in total. The number of carbonyl (C=O) groups is 1. The molecule has 1 rings (SSSR count). The second kappa shape index (κ2) is 11.7. The van der Waals surface area contributed by atoms with E-state index in [9.17, 15) is 4.79 Å². The van der Waals surface area contributed by atoms with Gasteiger partial charge in [-0.1, -0.05) is 35.0 Å². The largest absolute Gasteiger partial charge is 0.354 e. The van der Waals surface area contributed by atoms with Gasteiger partial charge in [-0.05, 0) is 31.0 Å². The van der Waals surface area contributed by atoms with E-state index in [4.69, 9.17) is 0 Å². The summed E-state index contributed by atoms with van der Waals surface area (Å²) in [5.74, 6) is 0.676. The predicted molar refractivity (Wildman–Crippen MR) is 110 cm³/mol. The SMILES string of the molecule is CCC(C)NC(=NCc1ccc(Br)cc1)NCC(=O)N(C)C.I. The van der Waals surface area contributed by atoms with Gasteiger partial charge in [-0.3, -0.25) is 4.79 Å². The van der Waals surface area contributed by atoms with Crippen LogP contribution in [0.4, 0.5) is 0 Å². The Labute approximate surface area is 164 Å². The van der Waals surface area contributed by atoms with Crippen LogP contribution >= 0.6 is 39.9 Å². The summed E-state index contributed by atoms with van der Waals surface area (Å²) in [5.41, 5.74) is 1.12. The van der Waals surface area contributed by atoms with Crippen LogP contribution in [0.25, 0.3) is 0 Å². The first-order valence-electron chi connectivity index (χ1n) is 7.41. The first-order valence-corrected chi connectivity index (χ1v) is 8.21. The Morgan fingerprint density at radius 1 is 1.30 bits per heavy atom. The maximum absolute atomic E-state index is 11.7. The fraction of sp³-hybridized carbons (Fsp3) is 0.500. The third kappa shape index (κ3) is 9.14. The van der Waals surface area contributed by atoms with Gasteiger partial charge in [0.2, 0.25) is 5.91 Å². The van der Waals surface area contributed by atoms with Crippen LogP contribution in [0.15, 0.2) is 33.7 Å². The topological polar surface area (TPSA) is 56.7 Å². The van der Waals surface area contributed by atoms with Crippen LogP contribution in [-0.2, 0) is 11.3 Å². The van der Waals surface area contributed by atoms with Gasteiger partial charge in [0.15, 0.2) is 5.96 Å². The second-order valence-electron chi connectivity index (χ2n) is 5.39. The number of carbonyl (C=O) groups excluding carboxylic acids is 1. The van der Waals surface area contributed by atoms with Crippen LogP contribution in [-0.4, -0.2) is 43.4 Å². The molecule has 5 nitrogen and oxygen atoms in total. The summed E-state index contributed by atoms with van der Waals surface area (Å²) in [6.45, 7) is 4.99. The van der Waals surface area contributed by atoms with Gasteiger partial charge in [-0.15, -0.1) is 24.0 Å². The smallest absolute Gasteiger partial charge is 0.241 e. The molecule has 0 aromatic heterocycles. The minimum Gasteiger partial charge on any atom is -0.354 e. The summed E-state index contributed by atoms with van der Waals surface area (Å²) in [5, 5.41) is 6.39. The predicted octanol–water partition coefficient (Wildman–Crippen LogP) is 2.99. The first kappa shape index (κ1) is 22.2. The van der Waals surface area contributed by atoms with Gasteiger partial charge in [0.1, 0.15) is 0 Å². The molecule has 0 radical (unpaired) electrons. The Morgan fingerprint density at radius 3 is 2.43 bits per heavy atom. The molecule has 0 aliphatic heterocycles.